The Bertz CT molecular complexity index is 543. The summed E-state index contributed by atoms with van der Waals surface area (Å²) in [7, 11) is 0. The number of rotatable bonds is 3. The topological polar surface area (TPSA) is 38.8 Å². The predicted octanol–water partition coefficient (Wildman–Crippen LogP) is 3.60. The SMILES string of the molecule is CC(C)(C)OC(=O)N1CCC(COc2cccc(F)c2F)C1. The van der Waals surface area contributed by atoms with E-state index in [0.29, 0.717) is 13.1 Å². The fraction of sp³-hybridized carbons (Fsp3) is 0.562. The van der Waals surface area contributed by atoms with Gasteiger partial charge in [0.25, 0.3) is 0 Å². The van der Waals surface area contributed by atoms with E-state index in [-0.39, 0.29) is 24.4 Å². The molecule has 1 aliphatic heterocycles. The highest BCUT2D eigenvalue weighted by Gasteiger charge is 2.30. The summed E-state index contributed by atoms with van der Waals surface area (Å²) in [5.74, 6) is -1.94. The second-order valence-electron chi connectivity index (χ2n) is 6.44. The minimum Gasteiger partial charge on any atom is -0.490 e. The summed E-state index contributed by atoms with van der Waals surface area (Å²) in [6.07, 6.45) is 0.392. The molecule has 2 rings (SSSR count). The lowest BCUT2D eigenvalue weighted by molar-refractivity contribution is 0.0284. The molecule has 0 N–H and O–H groups in total. The van der Waals surface area contributed by atoms with Crippen molar-refractivity contribution in [3.8, 4) is 5.75 Å². The molecule has 0 saturated carbocycles. The Hall–Kier alpha value is -1.85. The number of ether oxygens (including phenoxy) is 2. The van der Waals surface area contributed by atoms with Gasteiger partial charge in [0.2, 0.25) is 5.82 Å². The van der Waals surface area contributed by atoms with Gasteiger partial charge in [-0.15, -0.1) is 0 Å². The molecule has 6 heteroatoms. The summed E-state index contributed by atoms with van der Waals surface area (Å²) in [5, 5.41) is 0. The third-order valence-corrected chi connectivity index (χ3v) is 3.33. The maximum atomic E-state index is 13.5. The van der Waals surface area contributed by atoms with Gasteiger partial charge in [-0.2, -0.15) is 4.39 Å². The van der Waals surface area contributed by atoms with Crippen LogP contribution in [0.4, 0.5) is 13.6 Å². The highest BCUT2D eigenvalue weighted by molar-refractivity contribution is 5.68. The summed E-state index contributed by atoms with van der Waals surface area (Å²) < 4.78 is 37.2. The third-order valence-electron chi connectivity index (χ3n) is 3.33. The molecular formula is C16H21F2NO3. The van der Waals surface area contributed by atoms with Crippen LogP contribution in [-0.2, 0) is 4.74 Å². The predicted molar refractivity (Wildman–Crippen MR) is 77.8 cm³/mol. The van der Waals surface area contributed by atoms with Crippen LogP contribution in [0.2, 0.25) is 0 Å². The maximum Gasteiger partial charge on any atom is 0.410 e. The van der Waals surface area contributed by atoms with Crippen molar-refractivity contribution in [2.75, 3.05) is 19.7 Å². The average molecular weight is 313 g/mol. The van der Waals surface area contributed by atoms with E-state index in [1.54, 1.807) is 4.90 Å². The fourth-order valence-electron chi connectivity index (χ4n) is 2.26. The van der Waals surface area contributed by atoms with Crippen LogP contribution in [0.1, 0.15) is 27.2 Å². The van der Waals surface area contributed by atoms with Gasteiger partial charge in [-0.25, -0.2) is 9.18 Å². The van der Waals surface area contributed by atoms with E-state index in [4.69, 9.17) is 9.47 Å². The highest BCUT2D eigenvalue weighted by atomic mass is 19.2. The highest BCUT2D eigenvalue weighted by Crippen LogP contribution is 2.23. The molecule has 1 saturated heterocycles. The normalized spacial score (nSPS) is 18.4. The molecule has 122 valence electrons. The first-order valence-corrected chi connectivity index (χ1v) is 7.31. The van der Waals surface area contributed by atoms with Crippen LogP contribution in [-0.4, -0.2) is 36.3 Å². The molecule has 0 spiro atoms. The van der Waals surface area contributed by atoms with Gasteiger partial charge in [-0.3, -0.25) is 0 Å². The first kappa shape index (κ1) is 16.5. The summed E-state index contributed by atoms with van der Waals surface area (Å²) in [5.41, 5.74) is -0.531. The van der Waals surface area contributed by atoms with Crippen molar-refractivity contribution in [1.29, 1.82) is 0 Å². The molecule has 0 aliphatic carbocycles. The summed E-state index contributed by atoms with van der Waals surface area (Å²) in [4.78, 5) is 13.5. The van der Waals surface area contributed by atoms with Crippen molar-refractivity contribution >= 4 is 6.09 Å². The van der Waals surface area contributed by atoms with E-state index >= 15 is 0 Å². The Morgan fingerprint density at radius 2 is 2.09 bits per heavy atom. The largest absolute Gasteiger partial charge is 0.490 e. The Morgan fingerprint density at radius 1 is 1.36 bits per heavy atom. The molecule has 0 bridgehead atoms. The van der Waals surface area contributed by atoms with Crippen LogP contribution >= 0.6 is 0 Å². The van der Waals surface area contributed by atoms with Gasteiger partial charge in [0.15, 0.2) is 11.6 Å². The van der Waals surface area contributed by atoms with Crippen molar-refractivity contribution in [2.24, 2.45) is 5.92 Å². The monoisotopic (exact) mass is 313 g/mol. The van der Waals surface area contributed by atoms with Crippen molar-refractivity contribution in [2.45, 2.75) is 32.8 Å². The number of amides is 1. The molecule has 22 heavy (non-hydrogen) atoms. The van der Waals surface area contributed by atoms with Crippen molar-refractivity contribution in [3.63, 3.8) is 0 Å². The molecule has 1 fully saturated rings. The second kappa shape index (κ2) is 6.50. The zero-order valence-corrected chi connectivity index (χ0v) is 13.1. The third kappa shape index (κ3) is 4.32. The van der Waals surface area contributed by atoms with Gasteiger partial charge in [0.05, 0.1) is 6.61 Å². The molecule has 1 aromatic carbocycles. The molecule has 1 amide bonds. The first-order valence-electron chi connectivity index (χ1n) is 7.31. The Balaban J connectivity index is 1.84. The van der Waals surface area contributed by atoms with E-state index in [1.165, 1.54) is 12.1 Å². The molecular weight excluding hydrogens is 292 g/mol. The quantitative estimate of drug-likeness (QED) is 0.856. The number of halogens is 2. The number of hydrogen-bond acceptors (Lipinski definition) is 3. The number of benzene rings is 1. The summed E-state index contributed by atoms with van der Waals surface area (Å²) >= 11 is 0. The minimum absolute atomic E-state index is 0.0789. The molecule has 1 aromatic rings. The van der Waals surface area contributed by atoms with Crippen LogP contribution in [0.25, 0.3) is 0 Å². The van der Waals surface area contributed by atoms with E-state index in [1.807, 2.05) is 20.8 Å². The van der Waals surface area contributed by atoms with Crippen LogP contribution in [0.3, 0.4) is 0 Å². The summed E-state index contributed by atoms with van der Waals surface area (Å²) in [6.45, 7) is 6.75. The van der Waals surface area contributed by atoms with Crippen LogP contribution < -0.4 is 4.74 Å². The molecule has 1 heterocycles. The summed E-state index contributed by atoms with van der Waals surface area (Å²) in [6, 6.07) is 3.83. The lowest BCUT2D eigenvalue weighted by Gasteiger charge is -2.24. The Kier molecular flexibility index (Phi) is 4.88. The van der Waals surface area contributed by atoms with Crippen molar-refractivity contribution < 1.29 is 23.0 Å². The number of carbonyl (C=O) groups excluding carboxylic acids is 1. The zero-order chi connectivity index (χ0) is 16.3. The fourth-order valence-corrected chi connectivity index (χ4v) is 2.26. The number of likely N-dealkylation sites (tertiary alicyclic amines) is 1. The lowest BCUT2D eigenvalue weighted by atomic mass is 10.1. The van der Waals surface area contributed by atoms with Gasteiger partial charge in [0.1, 0.15) is 5.60 Å². The van der Waals surface area contributed by atoms with Crippen LogP contribution in [0.5, 0.6) is 5.75 Å². The van der Waals surface area contributed by atoms with Crippen LogP contribution in [0.15, 0.2) is 18.2 Å². The maximum absolute atomic E-state index is 13.5. The minimum atomic E-state index is -0.982. The average Bonchev–Trinajstić information content (AvgIpc) is 2.87. The van der Waals surface area contributed by atoms with Crippen LogP contribution in [0, 0.1) is 17.6 Å². The second-order valence-corrected chi connectivity index (χ2v) is 6.44. The number of carbonyl (C=O) groups is 1. The molecule has 4 nitrogen and oxygen atoms in total. The molecule has 1 unspecified atom stereocenters. The number of nitrogens with zero attached hydrogens (tertiary/aromatic N) is 1. The lowest BCUT2D eigenvalue weighted by Crippen LogP contribution is -2.35. The Morgan fingerprint density at radius 3 is 2.77 bits per heavy atom. The molecule has 0 aromatic heterocycles. The van der Waals surface area contributed by atoms with Gasteiger partial charge in [-0.05, 0) is 39.3 Å². The molecule has 1 aliphatic rings. The van der Waals surface area contributed by atoms with Gasteiger partial charge in [0, 0.05) is 19.0 Å². The van der Waals surface area contributed by atoms with Gasteiger partial charge < -0.3 is 14.4 Å². The van der Waals surface area contributed by atoms with Crippen molar-refractivity contribution in [1.82, 2.24) is 4.90 Å². The standard InChI is InChI=1S/C16H21F2NO3/c1-16(2,3)22-15(20)19-8-7-11(9-19)10-21-13-6-4-5-12(17)14(13)18/h4-6,11H,7-10H2,1-3H3. The van der Waals surface area contributed by atoms with E-state index in [9.17, 15) is 13.6 Å². The van der Waals surface area contributed by atoms with Gasteiger partial charge in [-0.1, -0.05) is 6.07 Å². The smallest absolute Gasteiger partial charge is 0.410 e. The van der Waals surface area contributed by atoms with Crippen molar-refractivity contribution in [3.05, 3.63) is 29.8 Å². The van der Waals surface area contributed by atoms with Gasteiger partial charge >= 0.3 is 6.09 Å². The van der Waals surface area contributed by atoms with E-state index in [2.05, 4.69) is 0 Å². The molecule has 0 radical (unpaired) electrons. The zero-order valence-electron chi connectivity index (χ0n) is 13.1. The first-order chi connectivity index (χ1) is 10.3. The van der Waals surface area contributed by atoms with E-state index in [0.717, 1.165) is 12.5 Å². The van der Waals surface area contributed by atoms with E-state index < -0.39 is 17.2 Å². The number of hydrogen-bond donors (Lipinski definition) is 0. The Labute approximate surface area is 129 Å². The molecule has 1 atom stereocenters.